The van der Waals surface area contributed by atoms with Crippen molar-refractivity contribution in [2.45, 2.75) is 43.0 Å². The number of piperidine rings is 1. The van der Waals surface area contributed by atoms with Gasteiger partial charge in [0.15, 0.2) is 0 Å². The van der Waals surface area contributed by atoms with Crippen LogP contribution < -0.4 is 4.74 Å². The van der Waals surface area contributed by atoms with Gasteiger partial charge in [-0.2, -0.15) is 4.31 Å². The molecule has 0 amide bonds. The third-order valence-electron chi connectivity index (χ3n) is 5.09. The van der Waals surface area contributed by atoms with Crippen molar-refractivity contribution in [2.24, 2.45) is 0 Å². The van der Waals surface area contributed by atoms with Crippen LogP contribution in [0.3, 0.4) is 0 Å². The van der Waals surface area contributed by atoms with Crippen molar-refractivity contribution in [2.75, 3.05) is 19.4 Å². The first-order chi connectivity index (χ1) is 14.0. The molecule has 2 aromatic rings. The fourth-order valence-corrected chi connectivity index (χ4v) is 6.17. The van der Waals surface area contributed by atoms with Gasteiger partial charge in [-0.1, -0.05) is 48.5 Å². The van der Waals surface area contributed by atoms with Crippen LogP contribution in [0.5, 0.6) is 5.75 Å². The lowest BCUT2D eigenvalue weighted by Gasteiger charge is -2.33. The topological polar surface area (TPSA) is 63.7 Å². The molecular weight excluding hydrogens is 406 g/mol. The number of sulfonamides is 1. The van der Waals surface area contributed by atoms with E-state index in [2.05, 4.69) is 0 Å². The molecule has 1 unspecified atom stereocenters. The van der Waals surface area contributed by atoms with Gasteiger partial charge >= 0.3 is 0 Å². The number of ether oxygens (including phenoxy) is 1. The van der Waals surface area contributed by atoms with Gasteiger partial charge in [0.1, 0.15) is 5.75 Å². The summed E-state index contributed by atoms with van der Waals surface area (Å²) in [6.07, 6.45) is 4.00. The number of carbonyl (C=O) groups excluding carboxylic acids is 1. The molecule has 0 aromatic heterocycles. The van der Waals surface area contributed by atoms with Gasteiger partial charge < -0.3 is 4.74 Å². The van der Waals surface area contributed by atoms with Crippen molar-refractivity contribution in [3.63, 3.8) is 0 Å². The maximum absolute atomic E-state index is 13.0. The van der Waals surface area contributed by atoms with E-state index in [1.807, 2.05) is 24.3 Å². The molecule has 0 spiro atoms. The minimum atomic E-state index is -3.65. The molecule has 0 radical (unpaired) electrons. The smallest absolute Gasteiger partial charge is 0.243 e. The molecule has 7 heteroatoms. The summed E-state index contributed by atoms with van der Waals surface area (Å²) in [5, 5.41) is -0.0427. The van der Waals surface area contributed by atoms with E-state index < -0.39 is 16.1 Å². The van der Waals surface area contributed by atoms with E-state index in [0.29, 0.717) is 18.7 Å². The third-order valence-corrected chi connectivity index (χ3v) is 8.06. The number of thioether (sulfide) groups is 1. The number of hydrogen-bond donors (Lipinski definition) is 0. The van der Waals surface area contributed by atoms with E-state index in [1.54, 1.807) is 37.4 Å². The average molecular weight is 434 g/mol. The minimum Gasteiger partial charge on any atom is -0.497 e. The zero-order valence-corrected chi connectivity index (χ0v) is 18.3. The summed E-state index contributed by atoms with van der Waals surface area (Å²) in [5.41, 5.74) is 1.20. The number of benzene rings is 2. The fourth-order valence-electron chi connectivity index (χ4n) is 3.49. The summed E-state index contributed by atoms with van der Waals surface area (Å²) in [6, 6.07) is 15.7. The van der Waals surface area contributed by atoms with Crippen molar-refractivity contribution in [3.8, 4) is 5.75 Å². The first kappa shape index (κ1) is 21.9. The molecule has 1 atom stereocenters. The summed E-state index contributed by atoms with van der Waals surface area (Å²) in [5.74, 6) is 1.51. The van der Waals surface area contributed by atoms with Crippen LogP contribution >= 0.6 is 11.8 Å². The second-order valence-corrected chi connectivity index (χ2v) is 10.0. The molecule has 0 bridgehead atoms. The Morgan fingerprint density at radius 1 is 1.10 bits per heavy atom. The van der Waals surface area contributed by atoms with E-state index >= 15 is 0 Å². The van der Waals surface area contributed by atoms with Crippen LogP contribution in [0, 0.1) is 0 Å². The number of aryl methyl sites for hydroxylation is 1. The third kappa shape index (κ3) is 5.62. The van der Waals surface area contributed by atoms with Gasteiger partial charge in [-0.05, 0) is 55.5 Å². The van der Waals surface area contributed by atoms with Crippen LogP contribution in [0.25, 0.3) is 0 Å². The van der Waals surface area contributed by atoms with Gasteiger partial charge in [-0.3, -0.25) is 4.79 Å². The molecular formula is C22H27NO4S2. The number of hydrogen-bond acceptors (Lipinski definition) is 5. The second kappa shape index (κ2) is 10.3. The van der Waals surface area contributed by atoms with Crippen LogP contribution in [0.1, 0.15) is 31.2 Å². The van der Waals surface area contributed by atoms with E-state index in [1.165, 1.54) is 21.6 Å². The maximum atomic E-state index is 13.0. The van der Waals surface area contributed by atoms with Crippen molar-refractivity contribution in [1.29, 1.82) is 0 Å². The Morgan fingerprint density at radius 2 is 1.83 bits per heavy atom. The normalized spacial score (nSPS) is 17.8. The highest BCUT2D eigenvalue weighted by molar-refractivity contribution is 8.13. The van der Waals surface area contributed by atoms with Gasteiger partial charge in [0.05, 0.1) is 18.0 Å². The van der Waals surface area contributed by atoms with E-state index in [4.69, 9.17) is 4.74 Å². The van der Waals surface area contributed by atoms with E-state index in [0.717, 1.165) is 31.4 Å². The quantitative estimate of drug-likeness (QED) is 0.586. The standard InChI is InChI=1S/C22H27NO4S2/c1-27-19-14-12-18(13-15-19)8-7-17-28-22(24)21-11-5-6-16-23(21)29(25,26)20-9-3-2-4-10-20/h2-4,9-10,12-15,21H,5-8,11,16-17H2,1H3. The van der Waals surface area contributed by atoms with Crippen LogP contribution in [-0.4, -0.2) is 43.3 Å². The number of nitrogens with zero attached hydrogens (tertiary/aromatic N) is 1. The van der Waals surface area contributed by atoms with Crippen molar-refractivity contribution in [1.82, 2.24) is 4.31 Å². The predicted octanol–water partition coefficient (Wildman–Crippen LogP) is 4.13. The van der Waals surface area contributed by atoms with Crippen LogP contribution in [0.15, 0.2) is 59.5 Å². The van der Waals surface area contributed by atoms with E-state index in [9.17, 15) is 13.2 Å². The Morgan fingerprint density at radius 3 is 2.52 bits per heavy atom. The highest BCUT2D eigenvalue weighted by Crippen LogP contribution is 2.28. The zero-order chi connectivity index (χ0) is 20.7. The van der Waals surface area contributed by atoms with Crippen LogP contribution in [0.4, 0.5) is 0 Å². The molecule has 2 aromatic carbocycles. The summed E-state index contributed by atoms with van der Waals surface area (Å²) >= 11 is 1.26. The summed E-state index contributed by atoms with van der Waals surface area (Å²) in [6.45, 7) is 0.403. The molecule has 29 heavy (non-hydrogen) atoms. The molecule has 1 fully saturated rings. The Kier molecular flexibility index (Phi) is 7.75. The zero-order valence-electron chi connectivity index (χ0n) is 16.6. The number of carbonyl (C=O) groups is 1. The van der Waals surface area contributed by atoms with Crippen molar-refractivity contribution in [3.05, 3.63) is 60.2 Å². The van der Waals surface area contributed by atoms with Gasteiger partial charge in [0.2, 0.25) is 15.1 Å². The van der Waals surface area contributed by atoms with Crippen molar-refractivity contribution >= 4 is 26.9 Å². The highest BCUT2D eigenvalue weighted by atomic mass is 32.2. The first-order valence-electron chi connectivity index (χ1n) is 9.89. The SMILES string of the molecule is COc1ccc(CCCSC(=O)C2CCCCN2S(=O)(=O)c2ccccc2)cc1. The monoisotopic (exact) mass is 433 g/mol. The highest BCUT2D eigenvalue weighted by Gasteiger charge is 2.37. The molecule has 0 aliphatic carbocycles. The lowest BCUT2D eigenvalue weighted by Crippen LogP contribution is -2.47. The lowest BCUT2D eigenvalue weighted by molar-refractivity contribution is -0.115. The van der Waals surface area contributed by atoms with Crippen LogP contribution in [0.2, 0.25) is 0 Å². The maximum Gasteiger partial charge on any atom is 0.243 e. The molecule has 0 N–H and O–H groups in total. The Balaban J connectivity index is 1.56. The molecule has 0 saturated carbocycles. The van der Waals surface area contributed by atoms with Gasteiger partial charge in [-0.15, -0.1) is 0 Å². The Bertz CT molecular complexity index is 898. The van der Waals surface area contributed by atoms with E-state index in [-0.39, 0.29) is 10.0 Å². The molecule has 3 rings (SSSR count). The fraction of sp³-hybridized carbons (Fsp3) is 0.409. The summed E-state index contributed by atoms with van der Waals surface area (Å²) < 4.78 is 32.6. The molecule has 156 valence electrons. The number of methoxy groups -OCH3 is 1. The largest absolute Gasteiger partial charge is 0.497 e. The molecule has 1 heterocycles. The molecule has 1 saturated heterocycles. The molecule has 5 nitrogen and oxygen atoms in total. The Labute approximate surface area is 177 Å². The van der Waals surface area contributed by atoms with Crippen LogP contribution in [-0.2, 0) is 21.2 Å². The average Bonchev–Trinajstić information content (AvgIpc) is 2.77. The summed E-state index contributed by atoms with van der Waals surface area (Å²) in [7, 11) is -2.01. The predicted molar refractivity (Wildman–Crippen MR) is 117 cm³/mol. The first-order valence-corrected chi connectivity index (χ1v) is 12.3. The van der Waals surface area contributed by atoms with Gasteiger partial charge in [0, 0.05) is 12.3 Å². The van der Waals surface area contributed by atoms with Crippen molar-refractivity contribution < 1.29 is 17.9 Å². The summed E-state index contributed by atoms with van der Waals surface area (Å²) in [4.78, 5) is 13.1. The van der Waals surface area contributed by atoms with Gasteiger partial charge in [0.25, 0.3) is 0 Å². The molecule has 1 aliphatic heterocycles. The lowest BCUT2D eigenvalue weighted by atomic mass is 10.1. The molecule has 1 aliphatic rings. The minimum absolute atomic E-state index is 0.0427. The second-order valence-electron chi connectivity index (χ2n) is 7.06. The number of rotatable bonds is 8. The Hall–Kier alpha value is -1.83. The van der Waals surface area contributed by atoms with Gasteiger partial charge in [-0.25, -0.2) is 8.42 Å².